The molecule has 0 heterocycles. The molecule has 2 rings (SSSR count). The molecule has 1 saturated carbocycles. The smallest absolute Gasteiger partial charge is 0.270 e. The van der Waals surface area contributed by atoms with Gasteiger partial charge in [-0.3, -0.25) is 19.7 Å². The van der Waals surface area contributed by atoms with Crippen LogP contribution in [0.15, 0.2) is 18.2 Å². The minimum Gasteiger partial charge on any atom is -0.270 e. The van der Waals surface area contributed by atoms with Gasteiger partial charge in [0.15, 0.2) is 0 Å². The van der Waals surface area contributed by atoms with Gasteiger partial charge in [0.05, 0.1) is 16.6 Å². The van der Waals surface area contributed by atoms with E-state index in [0.717, 1.165) is 25.7 Å². The number of nitrogens with one attached hydrogen (secondary N) is 1. The molecule has 1 aliphatic carbocycles. The third-order valence-electron chi connectivity index (χ3n) is 3.03. The van der Waals surface area contributed by atoms with E-state index < -0.39 is 10.8 Å². The quantitative estimate of drug-likeness (QED) is 0.498. The molecular formula is C12H13IN2O4. The average Bonchev–Trinajstić information content (AvgIpc) is 2.89. The molecular weight excluding hydrogens is 363 g/mol. The largest absolute Gasteiger partial charge is 0.276 e. The third-order valence-corrected chi connectivity index (χ3v) is 3.97. The minimum atomic E-state index is -0.523. The molecule has 0 atom stereocenters. The van der Waals surface area contributed by atoms with Crippen molar-refractivity contribution in [3.05, 3.63) is 37.4 Å². The molecule has 1 aromatic rings. The van der Waals surface area contributed by atoms with E-state index in [0.29, 0.717) is 3.57 Å². The number of hydroxylamine groups is 1. The molecule has 19 heavy (non-hydrogen) atoms. The zero-order chi connectivity index (χ0) is 13.8. The second kappa shape index (κ2) is 6.29. The Morgan fingerprint density at radius 3 is 2.74 bits per heavy atom. The fourth-order valence-electron chi connectivity index (χ4n) is 2.00. The molecule has 0 saturated heterocycles. The van der Waals surface area contributed by atoms with E-state index >= 15 is 0 Å². The average molecular weight is 376 g/mol. The molecule has 102 valence electrons. The van der Waals surface area contributed by atoms with E-state index in [1.165, 1.54) is 12.1 Å². The number of rotatable bonds is 4. The molecule has 0 radical (unpaired) electrons. The van der Waals surface area contributed by atoms with E-state index in [2.05, 4.69) is 5.48 Å². The summed E-state index contributed by atoms with van der Waals surface area (Å²) in [5, 5.41) is 10.7. The van der Waals surface area contributed by atoms with Gasteiger partial charge in [0.25, 0.3) is 11.6 Å². The van der Waals surface area contributed by atoms with Crippen molar-refractivity contribution in [2.75, 3.05) is 0 Å². The number of halogens is 1. The summed E-state index contributed by atoms with van der Waals surface area (Å²) in [5.41, 5.74) is 2.53. The number of amides is 1. The topological polar surface area (TPSA) is 81.5 Å². The molecule has 1 amide bonds. The Hall–Kier alpha value is -1.22. The lowest BCUT2D eigenvalue weighted by Crippen LogP contribution is -2.28. The van der Waals surface area contributed by atoms with E-state index in [4.69, 9.17) is 4.84 Å². The summed E-state index contributed by atoms with van der Waals surface area (Å²) in [4.78, 5) is 27.4. The number of hydrogen-bond acceptors (Lipinski definition) is 4. The van der Waals surface area contributed by atoms with Crippen molar-refractivity contribution in [1.29, 1.82) is 0 Å². The van der Waals surface area contributed by atoms with Gasteiger partial charge in [0.1, 0.15) is 0 Å². The van der Waals surface area contributed by atoms with Crippen molar-refractivity contribution in [3.8, 4) is 0 Å². The van der Waals surface area contributed by atoms with Crippen LogP contribution in [0, 0.1) is 13.7 Å². The summed E-state index contributed by atoms with van der Waals surface area (Å²) in [6.45, 7) is 0. The lowest BCUT2D eigenvalue weighted by atomic mass is 10.2. The molecule has 0 aromatic heterocycles. The van der Waals surface area contributed by atoms with Gasteiger partial charge in [-0.25, -0.2) is 5.48 Å². The Kier molecular flexibility index (Phi) is 4.70. The van der Waals surface area contributed by atoms with Gasteiger partial charge in [-0.2, -0.15) is 0 Å². The number of nitro benzene ring substituents is 1. The van der Waals surface area contributed by atoms with Gasteiger partial charge in [-0.1, -0.05) is 12.8 Å². The third kappa shape index (κ3) is 3.63. The molecule has 0 unspecified atom stereocenters. The molecule has 1 aromatic carbocycles. The number of benzene rings is 1. The van der Waals surface area contributed by atoms with Gasteiger partial charge >= 0.3 is 0 Å². The maximum atomic E-state index is 11.9. The zero-order valence-electron chi connectivity index (χ0n) is 10.1. The maximum absolute atomic E-state index is 11.9. The highest BCUT2D eigenvalue weighted by molar-refractivity contribution is 14.1. The van der Waals surface area contributed by atoms with Crippen LogP contribution in [-0.4, -0.2) is 16.9 Å². The van der Waals surface area contributed by atoms with Crippen LogP contribution in [0.1, 0.15) is 36.0 Å². The second-order valence-corrected chi connectivity index (χ2v) is 5.54. The van der Waals surface area contributed by atoms with Gasteiger partial charge in [-0.15, -0.1) is 0 Å². The number of carbonyl (C=O) groups is 1. The van der Waals surface area contributed by atoms with Gasteiger partial charge in [0.2, 0.25) is 0 Å². The first kappa shape index (κ1) is 14.2. The van der Waals surface area contributed by atoms with E-state index in [1.54, 1.807) is 6.07 Å². The molecule has 1 fully saturated rings. The first-order valence-electron chi connectivity index (χ1n) is 5.98. The first-order chi connectivity index (χ1) is 9.08. The summed E-state index contributed by atoms with van der Waals surface area (Å²) in [5.74, 6) is -0.444. The predicted molar refractivity (Wildman–Crippen MR) is 76.6 cm³/mol. The number of hydrogen-bond donors (Lipinski definition) is 1. The van der Waals surface area contributed by atoms with Crippen LogP contribution in [0.5, 0.6) is 0 Å². The van der Waals surface area contributed by atoms with Crippen LogP contribution in [-0.2, 0) is 4.84 Å². The molecule has 6 nitrogen and oxygen atoms in total. The van der Waals surface area contributed by atoms with Crippen molar-refractivity contribution in [3.63, 3.8) is 0 Å². The van der Waals surface area contributed by atoms with Crippen LogP contribution in [0.2, 0.25) is 0 Å². The summed E-state index contributed by atoms with van der Waals surface area (Å²) in [6.07, 6.45) is 4.14. The second-order valence-electron chi connectivity index (χ2n) is 4.38. The van der Waals surface area contributed by atoms with Gasteiger partial charge < -0.3 is 0 Å². The van der Waals surface area contributed by atoms with Crippen LogP contribution in [0.3, 0.4) is 0 Å². The highest BCUT2D eigenvalue weighted by atomic mass is 127. The van der Waals surface area contributed by atoms with E-state index in [-0.39, 0.29) is 17.4 Å². The van der Waals surface area contributed by atoms with Crippen molar-refractivity contribution >= 4 is 34.2 Å². The monoisotopic (exact) mass is 376 g/mol. The summed E-state index contributed by atoms with van der Waals surface area (Å²) >= 11 is 1.96. The molecule has 7 heteroatoms. The standard InChI is InChI=1S/C12H13IN2O4/c13-11-6-5-8(15(17)18)7-10(11)12(16)14-19-9-3-1-2-4-9/h5-7,9H,1-4H2,(H,14,16). The Labute approximate surface area is 123 Å². The normalized spacial score (nSPS) is 15.4. The highest BCUT2D eigenvalue weighted by Gasteiger charge is 2.19. The van der Waals surface area contributed by atoms with Crippen LogP contribution in [0.25, 0.3) is 0 Å². The van der Waals surface area contributed by atoms with Crippen LogP contribution >= 0.6 is 22.6 Å². The first-order valence-corrected chi connectivity index (χ1v) is 7.05. The van der Waals surface area contributed by atoms with E-state index in [1.807, 2.05) is 22.6 Å². The summed E-state index contributed by atoms with van der Waals surface area (Å²) in [6, 6.07) is 4.18. The van der Waals surface area contributed by atoms with Gasteiger partial charge in [-0.05, 0) is 41.5 Å². The fraction of sp³-hybridized carbons (Fsp3) is 0.417. The van der Waals surface area contributed by atoms with Crippen molar-refractivity contribution in [2.45, 2.75) is 31.8 Å². The number of non-ortho nitro benzene ring substituents is 1. The summed E-state index contributed by atoms with van der Waals surface area (Å²) < 4.78 is 0.649. The van der Waals surface area contributed by atoms with Crippen molar-refractivity contribution in [1.82, 2.24) is 5.48 Å². The Balaban J connectivity index is 2.04. The highest BCUT2D eigenvalue weighted by Crippen LogP contribution is 2.21. The molecule has 0 aliphatic heterocycles. The van der Waals surface area contributed by atoms with Gasteiger partial charge in [0, 0.05) is 15.7 Å². The Morgan fingerprint density at radius 2 is 2.11 bits per heavy atom. The molecule has 1 aliphatic rings. The molecule has 1 N–H and O–H groups in total. The lowest BCUT2D eigenvalue weighted by molar-refractivity contribution is -0.384. The van der Waals surface area contributed by atoms with E-state index in [9.17, 15) is 14.9 Å². The number of carbonyl (C=O) groups excluding carboxylic acids is 1. The summed E-state index contributed by atoms with van der Waals surface area (Å²) in [7, 11) is 0. The van der Waals surface area contributed by atoms with Crippen LogP contribution < -0.4 is 5.48 Å². The van der Waals surface area contributed by atoms with Crippen LogP contribution in [0.4, 0.5) is 5.69 Å². The Morgan fingerprint density at radius 1 is 1.42 bits per heavy atom. The van der Waals surface area contributed by atoms with Crippen molar-refractivity contribution < 1.29 is 14.6 Å². The molecule has 0 bridgehead atoms. The number of nitrogens with zero attached hydrogens (tertiary/aromatic N) is 1. The molecule has 0 spiro atoms. The Bertz CT molecular complexity index is 501. The van der Waals surface area contributed by atoms with Crippen molar-refractivity contribution in [2.24, 2.45) is 0 Å². The fourth-order valence-corrected chi connectivity index (χ4v) is 2.58. The SMILES string of the molecule is O=C(NOC1CCCC1)c1cc([N+](=O)[O-])ccc1I. The number of nitro groups is 1. The maximum Gasteiger partial charge on any atom is 0.276 e. The lowest BCUT2D eigenvalue weighted by Gasteiger charge is -2.11. The predicted octanol–water partition coefficient (Wildman–Crippen LogP) is 2.80. The minimum absolute atomic E-state index is 0.0558. The zero-order valence-corrected chi connectivity index (χ0v) is 12.3.